The number of anilines is 1. The van der Waals surface area contributed by atoms with Crippen molar-refractivity contribution >= 4 is 21.7 Å². The molecule has 0 aliphatic heterocycles. The summed E-state index contributed by atoms with van der Waals surface area (Å²) in [5.41, 5.74) is 4.88. The fourth-order valence-corrected chi connectivity index (χ4v) is 3.92. The third-order valence-electron chi connectivity index (χ3n) is 3.66. The van der Waals surface area contributed by atoms with Crippen molar-refractivity contribution in [1.82, 2.24) is 4.72 Å². The first-order valence-electron chi connectivity index (χ1n) is 6.46. The maximum Gasteiger partial charge on any atom is 0.339 e. The summed E-state index contributed by atoms with van der Waals surface area (Å²) in [6.45, 7) is -0.283. The molecule has 1 saturated carbocycles. The number of ether oxygens (including phenoxy) is 1. The molecule has 0 saturated heterocycles. The fraction of sp³-hybridized carbons (Fsp3) is 0.462. The van der Waals surface area contributed by atoms with E-state index in [2.05, 4.69) is 9.46 Å². The smallest absolute Gasteiger partial charge is 0.339 e. The van der Waals surface area contributed by atoms with Crippen molar-refractivity contribution in [3.8, 4) is 0 Å². The number of sulfonamides is 1. The van der Waals surface area contributed by atoms with Crippen molar-refractivity contribution in [3.63, 3.8) is 0 Å². The Morgan fingerprint density at radius 1 is 1.48 bits per heavy atom. The van der Waals surface area contributed by atoms with Gasteiger partial charge in [0.15, 0.2) is 0 Å². The van der Waals surface area contributed by atoms with Crippen molar-refractivity contribution in [2.24, 2.45) is 0 Å². The topological polar surface area (TPSA) is 119 Å². The zero-order valence-electron chi connectivity index (χ0n) is 11.6. The maximum atomic E-state index is 12.5. The molecule has 116 valence electrons. The van der Waals surface area contributed by atoms with E-state index in [1.54, 1.807) is 0 Å². The quantitative estimate of drug-likeness (QED) is 0.529. The van der Waals surface area contributed by atoms with Gasteiger partial charge in [-0.2, -0.15) is 0 Å². The van der Waals surface area contributed by atoms with Crippen LogP contribution in [-0.4, -0.2) is 38.7 Å². The molecule has 7 nitrogen and oxygen atoms in total. The highest BCUT2D eigenvalue weighted by molar-refractivity contribution is 7.89. The Balaban J connectivity index is 2.42. The number of hydrogen-bond donors (Lipinski definition) is 3. The monoisotopic (exact) mass is 314 g/mol. The second kappa shape index (κ2) is 5.63. The minimum atomic E-state index is -3.96. The van der Waals surface area contributed by atoms with Crippen LogP contribution in [0.4, 0.5) is 5.69 Å². The third kappa shape index (κ3) is 3.02. The Morgan fingerprint density at radius 2 is 2.14 bits per heavy atom. The van der Waals surface area contributed by atoms with Crippen molar-refractivity contribution in [3.05, 3.63) is 23.8 Å². The van der Waals surface area contributed by atoms with E-state index in [1.165, 1.54) is 18.2 Å². The lowest BCUT2D eigenvalue weighted by Crippen LogP contribution is -2.56. The Morgan fingerprint density at radius 3 is 2.62 bits per heavy atom. The van der Waals surface area contributed by atoms with E-state index in [0.29, 0.717) is 12.8 Å². The van der Waals surface area contributed by atoms with Crippen molar-refractivity contribution in [1.29, 1.82) is 0 Å². The summed E-state index contributed by atoms with van der Waals surface area (Å²) in [6.07, 6.45) is 1.96. The molecule has 0 spiro atoms. The number of aliphatic hydroxyl groups excluding tert-OH is 1. The molecule has 1 aliphatic carbocycles. The molecule has 8 heteroatoms. The molecule has 4 N–H and O–H groups in total. The molecule has 1 aromatic rings. The molecular formula is C13H18N2O5S. The molecule has 21 heavy (non-hydrogen) atoms. The van der Waals surface area contributed by atoms with Crippen molar-refractivity contribution < 1.29 is 23.1 Å². The maximum absolute atomic E-state index is 12.5. The summed E-state index contributed by atoms with van der Waals surface area (Å²) in [5, 5.41) is 9.38. The number of nitrogen functional groups attached to an aromatic ring is 1. The zero-order valence-corrected chi connectivity index (χ0v) is 12.4. The number of nitrogens with one attached hydrogen (secondary N) is 1. The molecule has 0 unspecified atom stereocenters. The summed E-state index contributed by atoms with van der Waals surface area (Å²) in [6, 6.07) is 3.91. The summed E-state index contributed by atoms with van der Waals surface area (Å²) >= 11 is 0. The highest BCUT2D eigenvalue weighted by Crippen LogP contribution is 2.33. The van der Waals surface area contributed by atoms with E-state index in [-0.39, 0.29) is 22.8 Å². The van der Waals surface area contributed by atoms with Crippen LogP contribution >= 0.6 is 0 Å². The third-order valence-corrected chi connectivity index (χ3v) is 5.30. The zero-order chi connectivity index (χ0) is 15.7. The van der Waals surface area contributed by atoms with E-state index in [0.717, 1.165) is 13.5 Å². The van der Waals surface area contributed by atoms with Gasteiger partial charge < -0.3 is 15.6 Å². The van der Waals surface area contributed by atoms with Crippen LogP contribution in [0.3, 0.4) is 0 Å². The van der Waals surface area contributed by atoms with E-state index < -0.39 is 21.5 Å². The predicted molar refractivity (Wildman–Crippen MR) is 76.2 cm³/mol. The molecule has 1 aromatic carbocycles. The second-order valence-electron chi connectivity index (χ2n) is 5.14. The molecule has 0 aromatic heterocycles. The number of benzene rings is 1. The summed E-state index contributed by atoms with van der Waals surface area (Å²) in [7, 11) is -2.80. The number of methoxy groups -OCH3 is 1. The van der Waals surface area contributed by atoms with Crippen LogP contribution in [0.5, 0.6) is 0 Å². The molecule has 0 amide bonds. The summed E-state index contributed by atoms with van der Waals surface area (Å²) in [4.78, 5) is 11.5. The molecule has 0 bridgehead atoms. The van der Waals surface area contributed by atoms with E-state index >= 15 is 0 Å². The fourth-order valence-electron chi connectivity index (χ4n) is 2.29. The van der Waals surface area contributed by atoms with E-state index in [4.69, 9.17) is 5.73 Å². The molecule has 1 fully saturated rings. The van der Waals surface area contributed by atoms with Gasteiger partial charge in [-0.3, -0.25) is 0 Å². The van der Waals surface area contributed by atoms with Gasteiger partial charge in [-0.1, -0.05) is 0 Å². The molecular weight excluding hydrogens is 296 g/mol. The van der Waals surface area contributed by atoms with Crippen LogP contribution in [0.25, 0.3) is 0 Å². The lowest BCUT2D eigenvalue weighted by atomic mass is 9.78. The number of carbonyl (C=O) groups is 1. The Bertz CT molecular complexity index is 647. The van der Waals surface area contributed by atoms with Gasteiger partial charge in [-0.15, -0.1) is 0 Å². The number of aliphatic hydroxyl groups is 1. The Kier molecular flexibility index (Phi) is 4.22. The van der Waals surface area contributed by atoms with E-state index in [1.807, 2.05) is 0 Å². The minimum absolute atomic E-state index is 0.127. The molecule has 2 rings (SSSR count). The van der Waals surface area contributed by atoms with Gasteiger partial charge in [0, 0.05) is 5.69 Å². The Labute approximate surface area is 123 Å². The summed E-state index contributed by atoms with van der Waals surface area (Å²) in [5.74, 6) is -0.783. The second-order valence-corrected chi connectivity index (χ2v) is 6.80. The van der Waals surface area contributed by atoms with Crippen LogP contribution in [0.1, 0.15) is 29.6 Å². The largest absolute Gasteiger partial charge is 0.465 e. The highest BCUT2D eigenvalue weighted by Gasteiger charge is 2.41. The van der Waals surface area contributed by atoms with Crippen molar-refractivity contribution in [2.75, 3.05) is 19.5 Å². The number of carbonyl (C=O) groups excluding carboxylic acids is 1. The first-order valence-corrected chi connectivity index (χ1v) is 7.94. The lowest BCUT2D eigenvalue weighted by Gasteiger charge is -2.40. The predicted octanol–water partition coefficient (Wildman–Crippen LogP) is 0.249. The van der Waals surface area contributed by atoms with Crippen LogP contribution < -0.4 is 10.5 Å². The minimum Gasteiger partial charge on any atom is -0.465 e. The average Bonchev–Trinajstić information content (AvgIpc) is 2.41. The molecule has 0 heterocycles. The molecule has 0 radical (unpaired) electrons. The SMILES string of the molecule is COC(=O)c1cc(N)ccc1S(=O)(=O)NC1(CO)CCC1. The average molecular weight is 314 g/mol. The van der Waals surface area contributed by atoms with Gasteiger partial charge in [0.05, 0.1) is 29.7 Å². The summed E-state index contributed by atoms with van der Waals surface area (Å²) < 4.78 is 32.0. The highest BCUT2D eigenvalue weighted by atomic mass is 32.2. The van der Waals surface area contributed by atoms with Gasteiger partial charge in [0.1, 0.15) is 0 Å². The first kappa shape index (κ1) is 15.7. The first-order chi connectivity index (χ1) is 9.83. The Hall–Kier alpha value is -1.64. The van der Waals surface area contributed by atoms with E-state index in [9.17, 15) is 18.3 Å². The van der Waals surface area contributed by atoms with Crippen LogP contribution in [0.2, 0.25) is 0 Å². The number of esters is 1. The molecule has 1 aliphatic rings. The van der Waals surface area contributed by atoms with Crippen molar-refractivity contribution in [2.45, 2.75) is 29.7 Å². The van der Waals surface area contributed by atoms with Gasteiger partial charge in [-0.25, -0.2) is 17.9 Å². The van der Waals surface area contributed by atoms with Gasteiger partial charge in [0.2, 0.25) is 10.0 Å². The van der Waals surface area contributed by atoms with Gasteiger partial charge >= 0.3 is 5.97 Å². The van der Waals surface area contributed by atoms with Gasteiger partial charge in [-0.05, 0) is 37.5 Å². The molecule has 0 atom stereocenters. The lowest BCUT2D eigenvalue weighted by molar-refractivity contribution is 0.0596. The van der Waals surface area contributed by atoms with Crippen LogP contribution in [-0.2, 0) is 14.8 Å². The number of hydrogen-bond acceptors (Lipinski definition) is 6. The van der Waals surface area contributed by atoms with Crippen LogP contribution in [0.15, 0.2) is 23.1 Å². The van der Waals surface area contributed by atoms with Crippen LogP contribution in [0, 0.1) is 0 Å². The normalized spacial score (nSPS) is 17.0. The van der Waals surface area contributed by atoms with Gasteiger partial charge in [0.25, 0.3) is 0 Å². The number of nitrogens with two attached hydrogens (primary N) is 1. The number of rotatable bonds is 5. The standard InChI is InChI=1S/C13H18N2O5S/c1-20-12(17)10-7-9(14)3-4-11(10)21(18,19)15-13(8-16)5-2-6-13/h3-4,7,15-16H,2,5-6,8,14H2,1H3.